The Kier molecular flexibility index (Phi) is 3.31. The van der Waals surface area contributed by atoms with Crippen LogP contribution in [0.4, 0.5) is 5.69 Å². The number of rotatable bonds is 2. The van der Waals surface area contributed by atoms with Gasteiger partial charge >= 0.3 is 0 Å². The third-order valence-electron chi connectivity index (χ3n) is 5.38. The van der Waals surface area contributed by atoms with E-state index in [0.717, 1.165) is 5.71 Å². The van der Waals surface area contributed by atoms with Crippen LogP contribution in [0.3, 0.4) is 0 Å². The van der Waals surface area contributed by atoms with Crippen LogP contribution in [0.15, 0.2) is 76.9 Å². The lowest BCUT2D eigenvalue weighted by Gasteiger charge is -2.15. The Bertz CT molecular complexity index is 902. The Labute approximate surface area is 143 Å². The molecule has 2 heteroatoms. The first-order valence-corrected chi connectivity index (χ1v) is 8.52. The highest BCUT2D eigenvalue weighted by atomic mass is 15.0. The molecular formula is C22H23N2+. The maximum Gasteiger partial charge on any atom is 0.209 e. The Morgan fingerprint density at radius 1 is 1.12 bits per heavy atom. The number of hydrogen-bond donors (Lipinski definition) is 0. The smallest absolute Gasteiger partial charge is 0.209 e. The van der Waals surface area contributed by atoms with Gasteiger partial charge in [0.1, 0.15) is 7.05 Å². The van der Waals surface area contributed by atoms with Gasteiger partial charge in [0.15, 0.2) is 5.71 Å². The van der Waals surface area contributed by atoms with Crippen LogP contribution in [0.25, 0.3) is 0 Å². The summed E-state index contributed by atoms with van der Waals surface area (Å²) in [4.78, 5) is 4.76. The van der Waals surface area contributed by atoms with Gasteiger partial charge < -0.3 is 0 Å². The number of hydrogen-bond acceptors (Lipinski definition) is 1. The molecule has 24 heavy (non-hydrogen) atoms. The van der Waals surface area contributed by atoms with Gasteiger partial charge in [-0.05, 0) is 32.4 Å². The average Bonchev–Trinajstić information content (AvgIpc) is 2.99. The van der Waals surface area contributed by atoms with Gasteiger partial charge in [0.05, 0.1) is 11.5 Å². The van der Waals surface area contributed by atoms with E-state index in [-0.39, 0.29) is 11.5 Å². The molecule has 120 valence electrons. The Hall–Kier alpha value is -2.48. The Balaban J connectivity index is 1.76. The lowest BCUT2D eigenvalue weighted by atomic mass is 9.81. The number of aliphatic imine (C=N–C) groups is 1. The first-order valence-electron chi connectivity index (χ1n) is 8.52. The fourth-order valence-electron chi connectivity index (χ4n) is 4.06. The van der Waals surface area contributed by atoms with Crippen molar-refractivity contribution in [1.82, 2.24) is 0 Å². The van der Waals surface area contributed by atoms with Crippen LogP contribution in [-0.2, 0) is 5.41 Å². The highest BCUT2D eigenvalue weighted by molar-refractivity contribution is 6.08. The minimum Gasteiger partial charge on any atom is -0.277 e. The number of fused-ring (bicyclic) bond motifs is 2. The molecule has 0 bridgehead atoms. The monoisotopic (exact) mass is 315 g/mol. The summed E-state index contributed by atoms with van der Waals surface area (Å²) in [6, 6.07) is 8.88. The maximum absolute atomic E-state index is 4.76. The van der Waals surface area contributed by atoms with Gasteiger partial charge in [0, 0.05) is 29.0 Å². The molecule has 1 unspecified atom stereocenters. The van der Waals surface area contributed by atoms with Crippen molar-refractivity contribution < 1.29 is 4.58 Å². The van der Waals surface area contributed by atoms with Crippen molar-refractivity contribution in [3.63, 3.8) is 0 Å². The van der Waals surface area contributed by atoms with E-state index in [1.165, 1.54) is 28.1 Å². The molecule has 0 aromatic heterocycles. The minimum atomic E-state index is 0.0123. The number of para-hydroxylation sites is 1. The summed E-state index contributed by atoms with van der Waals surface area (Å²) in [6.07, 6.45) is 13.0. The van der Waals surface area contributed by atoms with E-state index in [1.54, 1.807) is 0 Å². The summed E-state index contributed by atoms with van der Waals surface area (Å²) in [7, 11) is 2.16. The van der Waals surface area contributed by atoms with E-state index in [4.69, 9.17) is 4.99 Å². The second kappa shape index (κ2) is 5.27. The Morgan fingerprint density at radius 2 is 1.92 bits per heavy atom. The summed E-state index contributed by atoms with van der Waals surface area (Å²) in [5.74, 6) is 0. The van der Waals surface area contributed by atoms with Crippen LogP contribution in [-0.4, -0.2) is 29.1 Å². The molecule has 0 saturated heterocycles. The molecule has 2 aliphatic heterocycles. The second-order valence-electron chi connectivity index (χ2n) is 7.19. The van der Waals surface area contributed by atoms with Crippen molar-refractivity contribution in [2.75, 3.05) is 7.05 Å². The van der Waals surface area contributed by atoms with Crippen LogP contribution in [0, 0.1) is 0 Å². The van der Waals surface area contributed by atoms with Crippen molar-refractivity contribution in [3.8, 4) is 0 Å². The molecule has 2 nitrogen and oxygen atoms in total. The summed E-state index contributed by atoms with van der Waals surface area (Å²) in [5.41, 5.74) is 7.71. The highest BCUT2D eigenvalue weighted by Crippen LogP contribution is 2.39. The fraction of sp³-hybridized carbons (Fsp3) is 0.273. The zero-order chi connectivity index (χ0) is 16.9. The van der Waals surface area contributed by atoms with Gasteiger partial charge in [0.25, 0.3) is 0 Å². The number of allylic oxidation sites excluding steroid dienone is 5. The van der Waals surface area contributed by atoms with Gasteiger partial charge in [-0.1, -0.05) is 42.5 Å². The molecule has 0 spiro atoms. The lowest BCUT2D eigenvalue weighted by molar-refractivity contribution is -0.401. The predicted molar refractivity (Wildman–Crippen MR) is 102 cm³/mol. The molecule has 0 radical (unpaired) electrons. The zero-order valence-corrected chi connectivity index (χ0v) is 14.7. The van der Waals surface area contributed by atoms with E-state index in [2.05, 4.69) is 93.1 Å². The third kappa shape index (κ3) is 2.10. The van der Waals surface area contributed by atoms with Gasteiger partial charge in [-0.3, -0.25) is 4.99 Å². The summed E-state index contributed by atoms with van der Waals surface area (Å²) < 4.78 is 2.31. The quantitative estimate of drug-likeness (QED) is 0.713. The summed E-state index contributed by atoms with van der Waals surface area (Å²) >= 11 is 0. The summed E-state index contributed by atoms with van der Waals surface area (Å²) in [5, 5.41) is 0. The normalized spacial score (nSPS) is 24.0. The Morgan fingerprint density at radius 3 is 2.71 bits per heavy atom. The summed E-state index contributed by atoms with van der Waals surface area (Å²) in [6.45, 7) is 6.71. The molecule has 1 aromatic rings. The number of nitrogens with zero attached hydrogens (tertiary/aromatic N) is 2. The fourth-order valence-corrected chi connectivity index (χ4v) is 4.06. The molecule has 0 N–H and O–H groups in total. The van der Waals surface area contributed by atoms with Crippen molar-refractivity contribution in [3.05, 3.63) is 77.4 Å². The van der Waals surface area contributed by atoms with Gasteiger partial charge in [-0.2, -0.15) is 4.58 Å². The molecule has 4 rings (SSSR count). The van der Waals surface area contributed by atoms with E-state index in [1.807, 2.05) is 0 Å². The van der Waals surface area contributed by atoms with Gasteiger partial charge in [-0.25, -0.2) is 0 Å². The predicted octanol–water partition coefficient (Wildman–Crippen LogP) is 4.51. The van der Waals surface area contributed by atoms with Gasteiger partial charge in [-0.15, -0.1) is 0 Å². The number of benzene rings is 1. The lowest BCUT2D eigenvalue weighted by Crippen LogP contribution is -2.26. The standard InChI is InChI=1S/C22H23N2/c1-15-16(17-9-5-7-11-19(17)23-15)13-14-21-22(2,3)18-10-6-8-12-20(18)24(21)4/h5-14,19H,1-4H3/q+1/b14-13+. The average molecular weight is 315 g/mol. The minimum absolute atomic E-state index is 0.0123. The molecule has 1 aromatic carbocycles. The van der Waals surface area contributed by atoms with Crippen LogP contribution >= 0.6 is 0 Å². The third-order valence-corrected chi connectivity index (χ3v) is 5.38. The van der Waals surface area contributed by atoms with Crippen LogP contribution < -0.4 is 0 Å². The van der Waals surface area contributed by atoms with Crippen molar-refractivity contribution in [1.29, 1.82) is 0 Å². The first-order chi connectivity index (χ1) is 11.5. The molecular weight excluding hydrogens is 292 g/mol. The molecule has 3 aliphatic rings. The molecule has 2 heterocycles. The zero-order valence-electron chi connectivity index (χ0n) is 14.7. The van der Waals surface area contributed by atoms with Crippen molar-refractivity contribution in [2.45, 2.75) is 32.2 Å². The molecule has 0 saturated carbocycles. The SMILES string of the molecule is CC1=NC2C=CC=CC2=C1/C=C/C1=[N+](C)c2ccccc2C1(C)C. The van der Waals surface area contributed by atoms with Crippen LogP contribution in [0.2, 0.25) is 0 Å². The van der Waals surface area contributed by atoms with Crippen LogP contribution in [0.1, 0.15) is 26.3 Å². The molecule has 1 atom stereocenters. The van der Waals surface area contributed by atoms with Crippen molar-refractivity contribution in [2.24, 2.45) is 4.99 Å². The van der Waals surface area contributed by atoms with Gasteiger partial charge in [0.2, 0.25) is 5.69 Å². The van der Waals surface area contributed by atoms with E-state index in [0.29, 0.717) is 0 Å². The molecule has 1 aliphatic carbocycles. The topological polar surface area (TPSA) is 15.4 Å². The van der Waals surface area contributed by atoms with E-state index in [9.17, 15) is 0 Å². The van der Waals surface area contributed by atoms with E-state index < -0.39 is 0 Å². The maximum atomic E-state index is 4.76. The second-order valence-corrected chi connectivity index (χ2v) is 7.19. The highest BCUT2D eigenvalue weighted by Gasteiger charge is 2.42. The molecule has 0 fully saturated rings. The molecule has 0 amide bonds. The first kappa shape index (κ1) is 15.1. The van der Waals surface area contributed by atoms with Crippen molar-refractivity contribution >= 4 is 17.1 Å². The van der Waals surface area contributed by atoms with Crippen LogP contribution in [0.5, 0.6) is 0 Å². The van der Waals surface area contributed by atoms with E-state index >= 15 is 0 Å². The largest absolute Gasteiger partial charge is 0.277 e.